The van der Waals surface area contributed by atoms with Crippen molar-refractivity contribution in [3.63, 3.8) is 0 Å². The summed E-state index contributed by atoms with van der Waals surface area (Å²) in [6.45, 7) is 8.63. The summed E-state index contributed by atoms with van der Waals surface area (Å²) in [4.78, 5) is 20.8. The molecule has 158 valence electrons. The molecule has 2 amide bonds. The molecule has 0 saturated carbocycles. The van der Waals surface area contributed by atoms with Crippen molar-refractivity contribution in [1.82, 2.24) is 19.4 Å². The van der Waals surface area contributed by atoms with Crippen molar-refractivity contribution in [3.05, 3.63) is 48.0 Å². The Balaban J connectivity index is 1.45. The van der Waals surface area contributed by atoms with Crippen LogP contribution in [-0.2, 0) is 12.7 Å². The summed E-state index contributed by atoms with van der Waals surface area (Å²) in [5.41, 5.74) is -0.380. The Morgan fingerprint density at radius 1 is 1.10 bits per heavy atom. The van der Waals surface area contributed by atoms with E-state index in [-0.39, 0.29) is 6.03 Å². The van der Waals surface area contributed by atoms with Crippen LogP contribution < -0.4 is 5.32 Å². The summed E-state index contributed by atoms with van der Waals surface area (Å²) in [6.07, 6.45) is -0.576. The van der Waals surface area contributed by atoms with Gasteiger partial charge in [-0.1, -0.05) is 13.8 Å². The van der Waals surface area contributed by atoms with Gasteiger partial charge in [0, 0.05) is 63.3 Å². The number of urea groups is 1. The lowest BCUT2D eigenvalue weighted by Gasteiger charge is -2.34. The number of nitrogens with one attached hydrogen (secondary N) is 1. The second-order valence-electron chi connectivity index (χ2n) is 7.47. The number of hydrogen-bond acceptors (Lipinski definition) is 3. The molecule has 6 nitrogen and oxygen atoms in total. The number of carbonyl (C=O) groups excluding carboxylic acids is 1. The Kier molecular flexibility index (Phi) is 6.46. The Bertz CT molecular complexity index is 808. The summed E-state index contributed by atoms with van der Waals surface area (Å²) in [5, 5.41) is 2.67. The first-order chi connectivity index (χ1) is 13.7. The largest absolute Gasteiger partial charge is 0.416 e. The highest BCUT2D eigenvalue weighted by Crippen LogP contribution is 2.29. The summed E-state index contributed by atoms with van der Waals surface area (Å²) in [6, 6.07) is 4.19. The molecule has 1 N–H and O–H groups in total. The SMILES string of the molecule is CC(C)c1nccn1CCN1CCN(C(=O)Nc2ccc(C(F)(F)F)cc2)CC1. The Morgan fingerprint density at radius 3 is 2.34 bits per heavy atom. The Labute approximate surface area is 168 Å². The third-order valence-corrected chi connectivity index (χ3v) is 5.04. The van der Waals surface area contributed by atoms with Crippen molar-refractivity contribution < 1.29 is 18.0 Å². The number of amides is 2. The van der Waals surface area contributed by atoms with Gasteiger partial charge in [0.15, 0.2) is 0 Å². The molecule has 0 atom stereocenters. The first-order valence-electron chi connectivity index (χ1n) is 9.70. The number of imidazole rings is 1. The summed E-state index contributed by atoms with van der Waals surface area (Å²) in [7, 11) is 0. The van der Waals surface area contributed by atoms with Crippen LogP contribution in [0.3, 0.4) is 0 Å². The van der Waals surface area contributed by atoms with Crippen molar-refractivity contribution in [2.75, 3.05) is 38.0 Å². The molecule has 1 aliphatic heterocycles. The lowest BCUT2D eigenvalue weighted by Crippen LogP contribution is -2.50. The fraction of sp³-hybridized carbons (Fsp3) is 0.500. The van der Waals surface area contributed by atoms with Crippen molar-refractivity contribution in [2.45, 2.75) is 32.5 Å². The number of nitrogens with zero attached hydrogens (tertiary/aromatic N) is 4. The molecule has 0 unspecified atom stereocenters. The third-order valence-electron chi connectivity index (χ3n) is 5.04. The Hall–Kier alpha value is -2.55. The van der Waals surface area contributed by atoms with Gasteiger partial charge in [0.25, 0.3) is 0 Å². The zero-order chi connectivity index (χ0) is 21.0. The van der Waals surface area contributed by atoms with Crippen LogP contribution in [-0.4, -0.2) is 58.1 Å². The van der Waals surface area contributed by atoms with Gasteiger partial charge in [0.1, 0.15) is 5.82 Å². The number of halogens is 3. The van der Waals surface area contributed by atoms with E-state index in [4.69, 9.17) is 0 Å². The quantitative estimate of drug-likeness (QED) is 0.816. The van der Waals surface area contributed by atoms with E-state index in [1.807, 2.05) is 12.4 Å². The second kappa shape index (κ2) is 8.86. The topological polar surface area (TPSA) is 53.4 Å². The van der Waals surface area contributed by atoms with Crippen LogP contribution in [0, 0.1) is 0 Å². The first-order valence-corrected chi connectivity index (χ1v) is 9.70. The summed E-state index contributed by atoms with van der Waals surface area (Å²) < 4.78 is 40.0. The van der Waals surface area contributed by atoms with Crippen molar-refractivity contribution >= 4 is 11.7 Å². The molecule has 0 radical (unpaired) electrons. The molecule has 1 saturated heterocycles. The van der Waals surface area contributed by atoms with Crippen molar-refractivity contribution in [3.8, 4) is 0 Å². The number of alkyl halides is 3. The number of hydrogen-bond donors (Lipinski definition) is 1. The van der Waals surface area contributed by atoms with Gasteiger partial charge in [-0.2, -0.15) is 13.2 Å². The third kappa shape index (κ3) is 5.50. The molecule has 2 aromatic rings. The van der Waals surface area contributed by atoms with Gasteiger partial charge >= 0.3 is 12.2 Å². The van der Waals surface area contributed by atoms with Gasteiger partial charge in [0.05, 0.1) is 5.56 Å². The fourth-order valence-corrected chi connectivity index (χ4v) is 3.38. The highest BCUT2D eigenvalue weighted by Gasteiger charge is 2.30. The molecule has 9 heteroatoms. The van der Waals surface area contributed by atoms with E-state index in [1.54, 1.807) is 4.90 Å². The highest BCUT2D eigenvalue weighted by atomic mass is 19.4. The Morgan fingerprint density at radius 2 is 1.76 bits per heavy atom. The minimum Gasteiger partial charge on any atom is -0.333 e. The number of aromatic nitrogens is 2. The lowest BCUT2D eigenvalue weighted by molar-refractivity contribution is -0.137. The van der Waals surface area contributed by atoms with Gasteiger partial charge in [-0.25, -0.2) is 9.78 Å². The molecule has 0 aliphatic carbocycles. The maximum Gasteiger partial charge on any atom is 0.416 e. The predicted molar refractivity (Wildman–Crippen MR) is 105 cm³/mol. The van der Waals surface area contributed by atoms with Crippen LogP contribution in [0.5, 0.6) is 0 Å². The fourth-order valence-electron chi connectivity index (χ4n) is 3.38. The minimum atomic E-state index is -4.38. The minimum absolute atomic E-state index is 0.291. The van der Waals surface area contributed by atoms with Crippen LogP contribution in [0.1, 0.15) is 31.2 Å². The molecule has 1 aromatic heterocycles. The zero-order valence-corrected chi connectivity index (χ0v) is 16.6. The van der Waals surface area contributed by atoms with Crippen LogP contribution in [0.25, 0.3) is 0 Å². The molecule has 3 rings (SSSR count). The average molecular weight is 409 g/mol. The average Bonchev–Trinajstić information content (AvgIpc) is 3.15. The predicted octanol–water partition coefficient (Wildman–Crippen LogP) is 3.88. The van der Waals surface area contributed by atoms with Crippen LogP contribution in [0.15, 0.2) is 36.7 Å². The van der Waals surface area contributed by atoms with Gasteiger partial charge in [0.2, 0.25) is 0 Å². The lowest BCUT2D eigenvalue weighted by atomic mass is 10.2. The molecule has 1 aromatic carbocycles. The number of anilines is 1. The van der Waals surface area contributed by atoms with Gasteiger partial charge in [-0.3, -0.25) is 4.90 Å². The van der Waals surface area contributed by atoms with Gasteiger partial charge in [-0.05, 0) is 24.3 Å². The normalized spacial score (nSPS) is 15.7. The molecule has 2 heterocycles. The number of piperazine rings is 1. The smallest absolute Gasteiger partial charge is 0.333 e. The molecule has 29 heavy (non-hydrogen) atoms. The standard InChI is InChI=1S/C20H26F3N5O/c1-15(2)18-24-7-8-27(18)12-9-26-10-13-28(14-11-26)19(29)25-17-5-3-16(4-6-17)20(21,22)23/h3-8,15H,9-14H2,1-2H3,(H,25,29). The zero-order valence-electron chi connectivity index (χ0n) is 16.6. The summed E-state index contributed by atoms with van der Waals surface area (Å²) in [5.74, 6) is 1.44. The van der Waals surface area contributed by atoms with Crippen molar-refractivity contribution in [1.29, 1.82) is 0 Å². The van der Waals surface area contributed by atoms with Crippen LogP contribution in [0.4, 0.5) is 23.7 Å². The number of rotatable bonds is 5. The number of carbonyl (C=O) groups is 1. The number of benzene rings is 1. The van der Waals surface area contributed by atoms with Crippen molar-refractivity contribution in [2.24, 2.45) is 0 Å². The van der Waals surface area contributed by atoms with E-state index >= 15 is 0 Å². The van der Waals surface area contributed by atoms with Gasteiger partial charge in [-0.15, -0.1) is 0 Å². The molecule has 1 aliphatic rings. The van der Waals surface area contributed by atoms with E-state index < -0.39 is 11.7 Å². The van der Waals surface area contributed by atoms with Crippen LogP contribution >= 0.6 is 0 Å². The van der Waals surface area contributed by atoms with Gasteiger partial charge < -0.3 is 14.8 Å². The van der Waals surface area contributed by atoms with E-state index in [9.17, 15) is 18.0 Å². The maximum atomic E-state index is 12.6. The van der Waals surface area contributed by atoms with E-state index in [0.29, 0.717) is 24.7 Å². The molecular weight excluding hydrogens is 383 g/mol. The molecule has 1 fully saturated rings. The highest BCUT2D eigenvalue weighted by molar-refractivity contribution is 5.89. The first kappa shape index (κ1) is 21.2. The molecular formula is C20H26F3N5O. The monoisotopic (exact) mass is 409 g/mol. The second-order valence-corrected chi connectivity index (χ2v) is 7.47. The summed E-state index contributed by atoms with van der Waals surface area (Å²) >= 11 is 0. The van der Waals surface area contributed by atoms with E-state index in [1.165, 1.54) is 12.1 Å². The maximum absolute atomic E-state index is 12.6. The van der Waals surface area contributed by atoms with Crippen LogP contribution in [0.2, 0.25) is 0 Å². The molecule has 0 spiro atoms. The van der Waals surface area contributed by atoms with E-state index in [2.05, 4.69) is 33.6 Å². The molecule has 0 bridgehead atoms. The van der Waals surface area contributed by atoms with E-state index in [0.717, 1.165) is 44.1 Å².